The molecule has 0 unspecified atom stereocenters. The number of hydrogen-bond donors (Lipinski definition) is 1. The zero-order chi connectivity index (χ0) is 12.1. The van der Waals surface area contributed by atoms with Crippen LogP contribution in [0.25, 0.3) is 0 Å². The Morgan fingerprint density at radius 3 is 2.81 bits per heavy atom. The number of carbonyl (C=O) groups is 1. The molecule has 0 aromatic heterocycles. The van der Waals surface area contributed by atoms with E-state index in [0.717, 1.165) is 4.47 Å². The first-order valence-electron chi connectivity index (χ1n) is 4.86. The molecule has 1 amide bonds. The first-order chi connectivity index (χ1) is 7.56. The molecule has 88 valence electrons. The van der Waals surface area contributed by atoms with E-state index in [2.05, 4.69) is 15.9 Å². The number of nitrogens with two attached hydrogens (primary N) is 1. The van der Waals surface area contributed by atoms with Crippen LogP contribution in [0.5, 0.6) is 0 Å². The van der Waals surface area contributed by atoms with Crippen LogP contribution in [0.4, 0.5) is 11.4 Å². The van der Waals surface area contributed by atoms with Crippen LogP contribution in [0.3, 0.4) is 0 Å². The monoisotopic (exact) mass is 286 g/mol. The maximum atomic E-state index is 11.7. The molecular weight excluding hydrogens is 272 g/mol. The lowest BCUT2D eigenvalue weighted by atomic mass is 10.2. The average molecular weight is 287 g/mol. The number of halogens is 1. The summed E-state index contributed by atoms with van der Waals surface area (Å²) in [5.41, 5.74) is 7.12. The number of nitrogen functional groups attached to an aromatic ring is 1. The number of carbonyl (C=O) groups excluding carboxylic acids is 1. The van der Waals surface area contributed by atoms with Gasteiger partial charge in [0.2, 0.25) is 5.91 Å². The van der Waals surface area contributed by atoms with Gasteiger partial charge in [0, 0.05) is 18.6 Å². The maximum absolute atomic E-state index is 11.7. The van der Waals surface area contributed by atoms with Crippen molar-refractivity contribution in [2.75, 3.05) is 31.4 Å². The maximum Gasteiger partial charge on any atom is 0.229 e. The number of ether oxygens (including phenoxy) is 1. The number of hydrogen-bond acceptors (Lipinski definition) is 3. The third-order valence-corrected chi connectivity index (χ3v) is 2.74. The predicted molar refractivity (Wildman–Crippen MR) is 68.5 cm³/mol. The molecule has 0 heterocycles. The summed E-state index contributed by atoms with van der Waals surface area (Å²) in [6, 6.07) is 5.44. The van der Waals surface area contributed by atoms with E-state index in [1.54, 1.807) is 25.1 Å². The molecule has 5 heteroatoms. The van der Waals surface area contributed by atoms with Crippen LogP contribution in [-0.2, 0) is 9.53 Å². The summed E-state index contributed by atoms with van der Waals surface area (Å²) in [6.07, 6.45) is 0.350. The summed E-state index contributed by atoms with van der Waals surface area (Å²) in [4.78, 5) is 13.3. The third-order valence-electron chi connectivity index (χ3n) is 2.25. The molecule has 16 heavy (non-hydrogen) atoms. The van der Waals surface area contributed by atoms with Crippen molar-refractivity contribution < 1.29 is 9.53 Å². The molecule has 0 saturated carbocycles. The van der Waals surface area contributed by atoms with Gasteiger partial charge in [-0.1, -0.05) is 15.9 Å². The van der Waals surface area contributed by atoms with Gasteiger partial charge in [0.1, 0.15) is 0 Å². The Morgan fingerprint density at radius 1 is 1.56 bits per heavy atom. The summed E-state index contributed by atoms with van der Waals surface area (Å²) in [5, 5.41) is 0. The molecule has 2 N–H and O–H groups in total. The summed E-state index contributed by atoms with van der Waals surface area (Å²) >= 11 is 3.32. The van der Waals surface area contributed by atoms with Crippen molar-refractivity contribution in [3.05, 3.63) is 22.7 Å². The van der Waals surface area contributed by atoms with Crippen LogP contribution in [-0.4, -0.2) is 26.7 Å². The van der Waals surface area contributed by atoms with Crippen molar-refractivity contribution in [1.82, 2.24) is 0 Å². The molecule has 0 spiro atoms. The summed E-state index contributed by atoms with van der Waals surface area (Å²) in [5.74, 6) is -0.0177. The highest BCUT2D eigenvalue weighted by atomic mass is 79.9. The Balaban J connectivity index is 2.79. The quantitative estimate of drug-likeness (QED) is 0.862. The van der Waals surface area contributed by atoms with E-state index in [1.165, 1.54) is 0 Å². The Kier molecular flexibility index (Phi) is 4.76. The Labute approximate surface area is 103 Å². The second-order valence-corrected chi connectivity index (χ2v) is 4.31. The van der Waals surface area contributed by atoms with Crippen LogP contribution in [0.2, 0.25) is 0 Å². The van der Waals surface area contributed by atoms with Crippen molar-refractivity contribution in [3.63, 3.8) is 0 Å². The van der Waals surface area contributed by atoms with E-state index < -0.39 is 0 Å². The highest BCUT2D eigenvalue weighted by molar-refractivity contribution is 9.10. The van der Waals surface area contributed by atoms with Gasteiger partial charge in [0.05, 0.1) is 24.4 Å². The molecule has 0 aliphatic rings. The van der Waals surface area contributed by atoms with Gasteiger partial charge in [0.25, 0.3) is 0 Å². The molecule has 0 saturated heterocycles. The minimum atomic E-state index is -0.0177. The normalized spacial score (nSPS) is 10.2. The van der Waals surface area contributed by atoms with E-state index >= 15 is 0 Å². The van der Waals surface area contributed by atoms with Gasteiger partial charge in [-0.2, -0.15) is 0 Å². The lowest BCUT2D eigenvalue weighted by Gasteiger charge is -2.19. The zero-order valence-corrected chi connectivity index (χ0v) is 11.0. The van der Waals surface area contributed by atoms with Crippen molar-refractivity contribution in [2.24, 2.45) is 0 Å². The lowest BCUT2D eigenvalue weighted by Crippen LogP contribution is -2.27. The number of anilines is 2. The Morgan fingerprint density at radius 2 is 2.25 bits per heavy atom. The fourth-order valence-corrected chi connectivity index (χ4v) is 1.70. The number of nitrogens with zero attached hydrogens (tertiary/aromatic N) is 1. The standard InChI is InChI=1S/C11H15BrN2O2/c1-14(11(15)5-6-16-2)10-4-3-8(12)7-9(10)13/h3-4,7H,5-6,13H2,1-2H3. The average Bonchev–Trinajstić information content (AvgIpc) is 2.25. The molecule has 0 fully saturated rings. The molecule has 1 aromatic rings. The van der Waals surface area contributed by atoms with Crippen LogP contribution < -0.4 is 10.6 Å². The van der Waals surface area contributed by atoms with Crippen LogP contribution in [0.15, 0.2) is 22.7 Å². The van der Waals surface area contributed by atoms with Gasteiger partial charge < -0.3 is 15.4 Å². The molecule has 4 nitrogen and oxygen atoms in total. The van der Waals surface area contributed by atoms with E-state index in [1.807, 2.05) is 12.1 Å². The highest BCUT2D eigenvalue weighted by Crippen LogP contribution is 2.26. The van der Waals surface area contributed by atoms with Gasteiger partial charge in [0.15, 0.2) is 0 Å². The molecule has 1 rings (SSSR count). The van der Waals surface area contributed by atoms with Gasteiger partial charge in [-0.25, -0.2) is 0 Å². The Bertz CT molecular complexity index is 382. The SMILES string of the molecule is COCCC(=O)N(C)c1ccc(Br)cc1N. The van der Waals surface area contributed by atoms with Gasteiger partial charge in [-0.15, -0.1) is 0 Å². The largest absolute Gasteiger partial charge is 0.397 e. The van der Waals surface area contributed by atoms with E-state index in [9.17, 15) is 4.79 Å². The first kappa shape index (κ1) is 13.0. The minimum Gasteiger partial charge on any atom is -0.397 e. The van der Waals surface area contributed by atoms with Crippen LogP contribution in [0, 0.1) is 0 Å². The molecule has 0 bridgehead atoms. The molecule has 1 aromatic carbocycles. The third kappa shape index (κ3) is 3.21. The number of benzene rings is 1. The number of methoxy groups -OCH3 is 1. The van der Waals surface area contributed by atoms with E-state index in [-0.39, 0.29) is 5.91 Å². The number of amides is 1. The lowest BCUT2D eigenvalue weighted by molar-refractivity contribution is -0.119. The topological polar surface area (TPSA) is 55.6 Å². The first-order valence-corrected chi connectivity index (χ1v) is 5.66. The van der Waals surface area contributed by atoms with Crippen molar-refractivity contribution >= 4 is 33.2 Å². The van der Waals surface area contributed by atoms with E-state index in [0.29, 0.717) is 24.4 Å². The smallest absolute Gasteiger partial charge is 0.229 e. The minimum absolute atomic E-state index is 0.0177. The number of rotatable bonds is 4. The van der Waals surface area contributed by atoms with E-state index in [4.69, 9.17) is 10.5 Å². The predicted octanol–water partition coefficient (Wildman–Crippen LogP) is 2.03. The molecule has 0 aliphatic carbocycles. The second-order valence-electron chi connectivity index (χ2n) is 3.40. The second kappa shape index (κ2) is 5.86. The fourth-order valence-electron chi connectivity index (χ4n) is 1.32. The van der Waals surface area contributed by atoms with Gasteiger partial charge in [-0.3, -0.25) is 4.79 Å². The van der Waals surface area contributed by atoms with Crippen molar-refractivity contribution in [1.29, 1.82) is 0 Å². The van der Waals surface area contributed by atoms with Crippen molar-refractivity contribution in [3.8, 4) is 0 Å². The highest BCUT2D eigenvalue weighted by Gasteiger charge is 2.12. The zero-order valence-electron chi connectivity index (χ0n) is 9.37. The van der Waals surface area contributed by atoms with Gasteiger partial charge in [-0.05, 0) is 18.2 Å². The molecule has 0 atom stereocenters. The summed E-state index contributed by atoms with van der Waals surface area (Å²) < 4.78 is 5.76. The summed E-state index contributed by atoms with van der Waals surface area (Å²) in [6.45, 7) is 0.416. The van der Waals surface area contributed by atoms with Crippen LogP contribution >= 0.6 is 15.9 Å². The fraction of sp³-hybridized carbons (Fsp3) is 0.364. The molecule has 0 radical (unpaired) electrons. The molecular formula is C11H15BrN2O2. The van der Waals surface area contributed by atoms with Gasteiger partial charge >= 0.3 is 0 Å². The van der Waals surface area contributed by atoms with Crippen LogP contribution in [0.1, 0.15) is 6.42 Å². The molecule has 0 aliphatic heterocycles. The summed E-state index contributed by atoms with van der Waals surface area (Å²) in [7, 11) is 3.28. The van der Waals surface area contributed by atoms with Crippen molar-refractivity contribution in [2.45, 2.75) is 6.42 Å². The Hall–Kier alpha value is -1.07.